The molecule has 0 aliphatic carbocycles. The Labute approximate surface area is 127 Å². The van der Waals surface area contributed by atoms with E-state index in [1.165, 1.54) is 31.4 Å². The largest absolute Gasteiger partial charge is 0.492 e. The SMILES string of the molecule is COC(=O)C(COc1cccc(Cl)c1)c1ccc(F)cc1. The van der Waals surface area contributed by atoms with Crippen molar-refractivity contribution in [2.75, 3.05) is 13.7 Å². The molecule has 5 heteroatoms. The molecule has 0 fully saturated rings. The molecule has 2 aromatic carbocycles. The van der Waals surface area contributed by atoms with E-state index in [-0.39, 0.29) is 12.4 Å². The number of hydrogen-bond acceptors (Lipinski definition) is 3. The van der Waals surface area contributed by atoms with Gasteiger partial charge in [-0.25, -0.2) is 4.39 Å². The summed E-state index contributed by atoms with van der Waals surface area (Å²) in [5, 5.41) is 0.545. The molecular weight excluding hydrogens is 295 g/mol. The molecule has 0 amide bonds. The first kappa shape index (κ1) is 15.3. The number of methoxy groups -OCH3 is 1. The van der Waals surface area contributed by atoms with E-state index in [1.54, 1.807) is 24.3 Å². The summed E-state index contributed by atoms with van der Waals surface area (Å²) in [5.41, 5.74) is 0.630. The van der Waals surface area contributed by atoms with Gasteiger partial charge in [0.1, 0.15) is 24.1 Å². The molecule has 1 unspecified atom stereocenters. The Kier molecular flexibility index (Phi) is 5.17. The summed E-state index contributed by atoms with van der Waals surface area (Å²) >= 11 is 5.87. The van der Waals surface area contributed by atoms with Crippen LogP contribution in [0.25, 0.3) is 0 Å². The van der Waals surface area contributed by atoms with Gasteiger partial charge in [0.05, 0.1) is 7.11 Å². The Hall–Kier alpha value is -2.07. The first-order chi connectivity index (χ1) is 10.1. The second-order valence-corrected chi connectivity index (χ2v) is 4.83. The molecule has 3 nitrogen and oxygen atoms in total. The fourth-order valence-electron chi connectivity index (χ4n) is 1.87. The minimum absolute atomic E-state index is 0.0820. The van der Waals surface area contributed by atoms with Crippen LogP contribution in [0.15, 0.2) is 48.5 Å². The minimum Gasteiger partial charge on any atom is -0.492 e. The Morgan fingerprint density at radius 3 is 2.57 bits per heavy atom. The summed E-state index contributed by atoms with van der Waals surface area (Å²) in [4.78, 5) is 11.9. The van der Waals surface area contributed by atoms with Crippen LogP contribution in [0.3, 0.4) is 0 Å². The molecule has 0 aliphatic rings. The van der Waals surface area contributed by atoms with Crippen molar-refractivity contribution in [1.82, 2.24) is 0 Å². The summed E-state index contributed by atoms with van der Waals surface area (Å²) in [6.07, 6.45) is 0. The van der Waals surface area contributed by atoms with Crippen molar-refractivity contribution in [1.29, 1.82) is 0 Å². The molecule has 0 aliphatic heterocycles. The fraction of sp³-hybridized carbons (Fsp3) is 0.188. The molecule has 21 heavy (non-hydrogen) atoms. The first-order valence-electron chi connectivity index (χ1n) is 6.32. The molecule has 0 N–H and O–H groups in total. The van der Waals surface area contributed by atoms with Crippen molar-refractivity contribution >= 4 is 17.6 Å². The number of esters is 1. The molecule has 0 bridgehead atoms. The van der Waals surface area contributed by atoms with Crippen LogP contribution in [-0.4, -0.2) is 19.7 Å². The van der Waals surface area contributed by atoms with E-state index in [2.05, 4.69) is 0 Å². The standard InChI is InChI=1S/C16H14ClFO3/c1-20-16(19)15(11-5-7-13(18)8-6-11)10-21-14-4-2-3-12(17)9-14/h2-9,15H,10H2,1H3. The highest BCUT2D eigenvalue weighted by molar-refractivity contribution is 6.30. The molecule has 110 valence electrons. The van der Waals surface area contributed by atoms with Gasteiger partial charge in [0.25, 0.3) is 0 Å². The predicted octanol–water partition coefficient (Wildman–Crippen LogP) is 3.81. The summed E-state index contributed by atoms with van der Waals surface area (Å²) in [7, 11) is 1.30. The highest BCUT2D eigenvalue weighted by atomic mass is 35.5. The normalized spacial score (nSPS) is 11.8. The number of carbonyl (C=O) groups excluding carboxylic acids is 1. The van der Waals surface area contributed by atoms with Crippen molar-refractivity contribution in [3.8, 4) is 5.75 Å². The molecule has 0 radical (unpaired) electrons. The third-order valence-electron chi connectivity index (χ3n) is 2.97. The van der Waals surface area contributed by atoms with Gasteiger partial charge in [-0.05, 0) is 35.9 Å². The van der Waals surface area contributed by atoms with Crippen molar-refractivity contribution in [2.24, 2.45) is 0 Å². The fourth-order valence-corrected chi connectivity index (χ4v) is 2.05. The number of rotatable bonds is 5. The molecule has 2 aromatic rings. The average Bonchev–Trinajstić information content (AvgIpc) is 2.49. The van der Waals surface area contributed by atoms with Crippen LogP contribution in [0.5, 0.6) is 5.75 Å². The zero-order valence-electron chi connectivity index (χ0n) is 11.4. The molecule has 0 aromatic heterocycles. The third kappa shape index (κ3) is 4.20. The quantitative estimate of drug-likeness (QED) is 0.788. The number of ether oxygens (including phenoxy) is 2. The Morgan fingerprint density at radius 1 is 1.24 bits per heavy atom. The average molecular weight is 309 g/mol. The maximum atomic E-state index is 13.0. The van der Waals surface area contributed by atoms with Gasteiger partial charge in [0.15, 0.2) is 0 Å². The Bertz CT molecular complexity index is 613. The lowest BCUT2D eigenvalue weighted by Gasteiger charge is -2.16. The Balaban J connectivity index is 2.13. The van der Waals surface area contributed by atoms with Gasteiger partial charge in [0, 0.05) is 5.02 Å². The monoisotopic (exact) mass is 308 g/mol. The van der Waals surface area contributed by atoms with Gasteiger partial charge >= 0.3 is 5.97 Å². The second kappa shape index (κ2) is 7.09. The van der Waals surface area contributed by atoms with Gasteiger partial charge in [0.2, 0.25) is 0 Å². The lowest BCUT2D eigenvalue weighted by atomic mass is 10.0. The molecule has 0 heterocycles. The highest BCUT2D eigenvalue weighted by Crippen LogP contribution is 2.22. The summed E-state index contributed by atoms with van der Waals surface area (Å²) in [6.45, 7) is 0.0820. The summed E-state index contributed by atoms with van der Waals surface area (Å²) < 4.78 is 23.3. The molecule has 1 atom stereocenters. The second-order valence-electron chi connectivity index (χ2n) is 4.40. The van der Waals surface area contributed by atoms with Crippen molar-refractivity contribution < 1.29 is 18.7 Å². The maximum Gasteiger partial charge on any atom is 0.316 e. The van der Waals surface area contributed by atoms with Gasteiger partial charge in [-0.2, -0.15) is 0 Å². The first-order valence-corrected chi connectivity index (χ1v) is 6.69. The number of hydrogen-bond donors (Lipinski definition) is 0. The zero-order chi connectivity index (χ0) is 15.2. The van der Waals surface area contributed by atoms with E-state index in [4.69, 9.17) is 21.1 Å². The zero-order valence-corrected chi connectivity index (χ0v) is 12.1. The van der Waals surface area contributed by atoms with Crippen LogP contribution in [0.1, 0.15) is 11.5 Å². The minimum atomic E-state index is -0.630. The van der Waals surface area contributed by atoms with Gasteiger partial charge in [-0.15, -0.1) is 0 Å². The molecular formula is C16H14ClFO3. The lowest BCUT2D eigenvalue weighted by Crippen LogP contribution is -2.21. The van der Waals surface area contributed by atoms with Gasteiger partial charge in [-0.3, -0.25) is 4.79 Å². The van der Waals surface area contributed by atoms with Crippen LogP contribution >= 0.6 is 11.6 Å². The number of halogens is 2. The molecule has 0 saturated heterocycles. The van der Waals surface area contributed by atoms with E-state index < -0.39 is 11.9 Å². The number of carbonyl (C=O) groups is 1. The maximum absolute atomic E-state index is 13.0. The van der Waals surface area contributed by atoms with Gasteiger partial charge < -0.3 is 9.47 Å². The smallest absolute Gasteiger partial charge is 0.316 e. The summed E-state index contributed by atoms with van der Waals surface area (Å²) in [6, 6.07) is 12.5. The topological polar surface area (TPSA) is 35.5 Å². The summed E-state index contributed by atoms with van der Waals surface area (Å²) in [5.74, 6) is -0.880. The molecule has 2 rings (SSSR count). The van der Waals surface area contributed by atoms with Gasteiger partial charge in [-0.1, -0.05) is 29.8 Å². The predicted molar refractivity (Wildman–Crippen MR) is 78.1 cm³/mol. The third-order valence-corrected chi connectivity index (χ3v) is 3.21. The van der Waals surface area contributed by atoms with E-state index in [9.17, 15) is 9.18 Å². The van der Waals surface area contributed by atoms with Crippen molar-refractivity contribution in [3.63, 3.8) is 0 Å². The van der Waals surface area contributed by atoms with E-state index in [1.807, 2.05) is 0 Å². The van der Waals surface area contributed by atoms with Crippen molar-refractivity contribution in [2.45, 2.75) is 5.92 Å². The van der Waals surface area contributed by atoms with E-state index in [0.29, 0.717) is 16.3 Å². The van der Waals surface area contributed by atoms with Crippen LogP contribution in [0.2, 0.25) is 5.02 Å². The lowest BCUT2D eigenvalue weighted by molar-refractivity contribution is -0.143. The van der Waals surface area contributed by atoms with E-state index in [0.717, 1.165) is 0 Å². The number of benzene rings is 2. The Morgan fingerprint density at radius 2 is 1.95 bits per heavy atom. The molecule has 0 spiro atoms. The van der Waals surface area contributed by atoms with Crippen LogP contribution < -0.4 is 4.74 Å². The van der Waals surface area contributed by atoms with Crippen LogP contribution in [0, 0.1) is 5.82 Å². The van der Waals surface area contributed by atoms with Crippen molar-refractivity contribution in [3.05, 3.63) is 64.9 Å². The van der Waals surface area contributed by atoms with E-state index >= 15 is 0 Å². The molecule has 0 saturated carbocycles. The van der Waals surface area contributed by atoms with Crippen LogP contribution in [-0.2, 0) is 9.53 Å². The highest BCUT2D eigenvalue weighted by Gasteiger charge is 2.22. The van der Waals surface area contributed by atoms with Crippen LogP contribution in [0.4, 0.5) is 4.39 Å².